The number of hydrogen-bond donors (Lipinski definition) is 1. The van der Waals surface area contributed by atoms with Crippen LogP contribution in [-0.2, 0) is 11.3 Å². The van der Waals surface area contributed by atoms with Crippen molar-refractivity contribution in [3.8, 4) is 0 Å². The summed E-state index contributed by atoms with van der Waals surface area (Å²) in [5, 5.41) is 9.00. The molecule has 0 saturated carbocycles. The Morgan fingerprint density at radius 2 is 2.00 bits per heavy atom. The van der Waals surface area contributed by atoms with Gasteiger partial charge < -0.3 is 14.7 Å². The molecular formula is C13H19NO2. The van der Waals surface area contributed by atoms with Crippen molar-refractivity contribution in [2.24, 2.45) is 0 Å². The lowest BCUT2D eigenvalue weighted by Crippen LogP contribution is -2.47. The van der Waals surface area contributed by atoms with Gasteiger partial charge in [0.25, 0.3) is 0 Å². The van der Waals surface area contributed by atoms with E-state index in [-0.39, 0.29) is 12.7 Å². The maximum Gasteiger partial charge on any atom is 0.0723 e. The van der Waals surface area contributed by atoms with Crippen LogP contribution in [0.25, 0.3) is 0 Å². The van der Waals surface area contributed by atoms with Crippen LogP contribution in [-0.4, -0.2) is 30.4 Å². The zero-order valence-electron chi connectivity index (χ0n) is 9.89. The van der Waals surface area contributed by atoms with Gasteiger partial charge in [-0.3, -0.25) is 0 Å². The summed E-state index contributed by atoms with van der Waals surface area (Å²) in [5.74, 6) is 0. The summed E-state index contributed by atoms with van der Waals surface area (Å²) < 4.78 is 5.61. The fourth-order valence-corrected chi connectivity index (χ4v) is 2.06. The SMILES string of the molecule is CC1CN(c2ccc(CO)cc2)C(C)CO1. The molecule has 1 aliphatic rings. The van der Waals surface area contributed by atoms with Gasteiger partial charge >= 0.3 is 0 Å². The molecule has 1 N–H and O–H groups in total. The van der Waals surface area contributed by atoms with E-state index in [1.54, 1.807) is 0 Å². The highest BCUT2D eigenvalue weighted by atomic mass is 16.5. The van der Waals surface area contributed by atoms with Crippen LogP contribution in [0.5, 0.6) is 0 Å². The third-order valence-electron chi connectivity index (χ3n) is 3.06. The molecule has 16 heavy (non-hydrogen) atoms. The van der Waals surface area contributed by atoms with Crippen LogP contribution in [0.15, 0.2) is 24.3 Å². The summed E-state index contributed by atoms with van der Waals surface area (Å²) in [6.45, 7) is 6.09. The predicted octanol–water partition coefficient (Wildman–Crippen LogP) is 1.79. The van der Waals surface area contributed by atoms with Gasteiger partial charge in [-0.25, -0.2) is 0 Å². The number of benzene rings is 1. The third-order valence-corrected chi connectivity index (χ3v) is 3.06. The Morgan fingerprint density at radius 3 is 2.62 bits per heavy atom. The van der Waals surface area contributed by atoms with Gasteiger partial charge in [0, 0.05) is 18.3 Å². The lowest BCUT2D eigenvalue weighted by Gasteiger charge is -2.38. The Bertz CT molecular complexity index is 336. The lowest BCUT2D eigenvalue weighted by molar-refractivity contribution is 0.0344. The fraction of sp³-hybridized carbons (Fsp3) is 0.538. The minimum absolute atomic E-state index is 0.106. The number of anilines is 1. The summed E-state index contributed by atoms with van der Waals surface area (Å²) in [4.78, 5) is 2.36. The summed E-state index contributed by atoms with van der Waals surface area (Å²) >= 11 is 0. The standard InChI is InChI=1S/C13H19NO2/c1-10-9-16-11(2)7-14(10)13-5-3-12(8-15)4-6-13/h3-6,10-11,15H,7-9H2,1-2H3. The van der Waals surface area contributed by atoms with Gasteiger partial charge in [0.05, 0.1) is 19.3 Å². The quantitative estimate of drug-likeness (QED) is 0.826. The van der Waals surface area contributed by atoms with Crippen LogP contribution in [0.2, 0.25) is 0 Å². The number of hydrogen-bond acceptors (Lipinski definition) is 3. The first-order valence-corrected chi connectivity index (χ1v) is 5.78. The van der Waals surface area contributed by atoms with Crippen LogP contribution in [0.1, 0.15) is 19.4 Å². The molecule has 3 heteroatoms. The van der Waals surface area contributed by atoms with E-state index < -0.39 is 0 Å². The molecule has 0 amide bonds. The smallest absolute Gasteiger partial charge is 0.0723 e. The number of aliphatic hydroxyl groups is 1. The van der Waals surface area contributed by atoms with Crippen molar-refractivity contribution in [1.82, 2.24) is 0 Å². The molecule has 0 aromatic heterocycles. The summed E-state index contributed by atoms with van der Waals surface area (Å²) in [5.41, 5.74) is 2.16. The molecule has 2 unspecified atom stereocenters. The van der Waals surface area contributed by atoms with Crippen molar-refractivity contribution in [3.63, 3.8) is 0 Å². The Hall–Kier alpha value is -1.06. The average molecular weight is 221 g/mol. The molecule has 0 radical (unpaired) electrons. The molecule has 1 aromatic rings. The first-order chi connectivity index (χ1) is 7.70. The Morgan fingerprint density at radius 1 is 1.31 bits per heavy atom. The van der Waals surface area contributed by atoms with Gasteiger partial charge in [0.1, 0.15) is 0 Å². The maximum absolute atomic E-state index is 9.00. The molecule has 1 aromatic carbocycles. The number of nitrogens with zero attached hydrogens (tertiary/aromatic N) is 1. The number of morpholine rings is 1. The largest absolute Gasteiger partial charge is 0.392 e. The van der Waals surface area contributed by atoms with Gasteiger partial charge in [-0.1, -0.05) is 12.1 Å². The summed E-state index contributed by atoms with van der Waals surface area (Å²) in [6.07, 6.45) is 0.286. The van der Waals surface area contributed by atoms with Crippen LogP contribution >= 0.6 is 0 Å². The molecule has 3 nitrogen and oxygen atoms in total. The van der Waals surface area contributed by atoms with Crippen LogP contribution < -0.4 is 4.90 Å². The monoisotopic (exact) mass is 221 g/mol. The molecule has 2 atom stereocenters. The van der Waals surface area contributed by atoms with E-state index in [9.17, 15) is 0 Å². The zero-order valence-corrected chi connectivity index (χ0v) is 9.89. The first kappa shape index (κ1) is 11.4. The molecular weight excluding hydrogens is 202 g/mol. The minimum Gasteiger partial charge on any atom is -0.392 e. The van der Waals surface area contributed by atoms with Gasteiger partial charge in [0.2, 0.25) is 0 Å². The minimum atomic E-state index is 0.106. The topological polar surface area (TPSA) is 32.7 Å². The van der Waals surface area contributed by atoms with Crippen LogP contribution in [0.3, 0.4) is 0 Å². The van der Waals surface area contributed by atoms with Gasteiger partial charge in [-0.2, -0.15) is 0 Å². The van der Waals surface area contributed by atoms with Gasteiger partial charge in [-0.05, 0) is 31.5 Å². The van der Waals surface area contributed by atoms with Crippen LogP contribution in [0.4, 0.5) is 5.69 Å². The molecule has 1 saturated heterocycles. The fourth-order valence-electron chi connectivity index (χ4n) is 2.06. The summed E-state index contributed by atoms with van der Waals surface area (Å²) in [6, 6.07) is 8.50. The van der Waals surface area contributed by atoms with E-state index in [0.717, 1.165) is 18.7 Å². The molecule has 1 heterocycles. The maximum atomic E-state index is 9.00. The van der Waals surface area contributed by atoms with Gasteiger partial charge in [-0.15, -0.1) is 0 Å². The van der Waals surface area contributed by atoms with Crippen molar-refractivity contribution in [2.75, 3.05) is 18.1 Å². The van der Waals surface area contributed by atoms with Crippen molar-refractivity contribution < 1.29 is 9.84 Å². The van der Waals surface area contributed by atoms with Crippen molar-refractivity contribution in [2.45, 2.75) is 32.6 Å². The van der Waals surface area contributed by atoms with E-state index in [1.807, 2.05) is 12.1 Å². The first-order valence-electron chi connectivity index (χ1n) is 5.78. The predicted molar refractivity (Wildman–Crippen MR) is 64.6 cm³/mol. The average Bonchev–Trinajstić information content (AvgIpc) is 2.32. The Kier molecular flexibility index (Phi) is 3.46. The number of aliphatic hydroxyl groups excluding tert-OH is 1. The molecule has 1 fully saturated rings. The molecule has 0 spiro atoms. The second kappa shape index (κ2) is 4.85. The second-order valence-corrected chi connectivity index (χ2v) is 4.47. The molecule has 2 rings (SSSR count). The van der Waals surface area contributed by atoms with E-state index in [0.29, 0.717) is 6.04 Å². The van der Waals surface area contributed by atoms with Crippen molar-refractivity contribution in [3.05, 3.63) is 29.8 Å². The Labute approximate surface area is 96.6 Å². The molecule has 0 aliphatic carbocycles. The number of ether oxygens (including phenoxy) is 1. The van der Waals surface area contributed by atoms with Gasteiger partial charge in [0.15, 0.2) is 0 Å². The second-order valence-electron chi connectivity index (χ2n) is 4.47. The van der Waals surface area contributed by atoms with Crippen LogP contribution in [0, 0.1) is 0 Å². The van der Waals surface area contributed by atoms with E-state index in [1.165, 1.54) is 5.69 Å². The van der Waals surface area contributed by atoms with Crippen molar-refractivity contribution >= 4 is 5.69 Å². The molecule has 1 aliphatic heterocycles. The normalized spacial score (nSPS) is 25.8. The van der Waals surface area contributed by atoms with E-state index >= 15 is 0 Å². The molecule has 88 valence electrons. The third kappa shape index (κ3) is 2.36. The van der Waals surface area contributed by atoms with E-state index in [4.69, 9.17) is 9.84 Å². The zero-order chi connectivity index (χ0) is 11.5. The highest BCUT2D eigenvalue weighted by Gasteiger charge is 2.23. The highest BCUT2D eigenvalue weighted by Crippen LogP contribution is 2.22. The van der Waals surface area contributed by atoms with Crippen molar-refractivity contribution in [1.29, 1.82) is 0 Å². The number of rotatable bonds is 2. The van der Waals surface area contributed by atoms with E-state index in [2.05, 4.69) is 30.9 Å². The highest BCUT2D eigenvalue weighted by molar-refractivity contribution is 5.49. The summed E-state index contributed by atoms with van der Waals surface area (Å²) in [7, 11) is 0. The Balaban J connectivity index is 2.15. The molecule has 0 bridgehead atoms. The lowest BCUT2D eigenvalue weighted by atomic mass is 10.1.